The van der Waals surface area contributed by atoms with Crippen molar-refractivity contribution in [2.45, 2.75) is 59.9 Å². The molecule has 5 nitrogen and oxygen atoms in total. The molecule has 0 saturated heterocycles. The summed E-state index contributed by atoms with van der Waals surface area (Å²) in [5, 5.41) is 0. The van der Waals surface area contributed by atoms with Crippen molar-refractivity contribution in [2.24, 2.45) is 0 Å². The molecule has 0 amide bonds. The van der Waals surface area contributed by atoms with E-state index in [0.29, 0.717) is 23.7 Å². The van der Waals surface area contributed by atoms with E-state index < -0.39 is 5.69 Å². The van der Waals surface area contributed by atoms with Gasteiger partial charge >= 0.3 is 5.69 Å². The van der Waals surface area contributed by atoms with Gasteiger partial charge in [0.25, 0.3) is 5.56 Å². The van der Waals surface area contributed by atoms with Gasteiger partial charge in [-0.3, -0.25) is 14.3 Å². The first-order valence-corrected chi connectivity index (χ1v) is 8.46. The maximum atomic E-state index is 12.3. The number of aryl methyl sites for hydroxylation is 2. The predicted molar refractivity (Wildman–Crippen MR) is 96.3 cm³/mol. The number of nitrogens with zero attached hydrogens (tertiary/aromatic N) is 1. The minimum absolute atomic E-state index is 0.0527. The molecule has 2 aromatic rings. The minimum Gasteiger partial charge on any atom is -0.440 e. The molecule has 0 aliphatic carbocycles. The number of hydrogen-bond acceptors (Lipinski definition) is 3. The SMILES string of the molecule is CCCCn1c(Oc2cc(C)cc(C)c2)c(C(C)C)c(=O)[nH]c1=O. The topological polar surface area (TPSA) is 64.1 Å². The van der Waals surface area contributed by atoms with Crippen molar-refractivity contribution < 1.29 is 4.74 Å². The van der Waals surface area contributed by atoms with Crippen LogP contribution in [-0.4, -0.2) is 9.55 Å². The highest BCUT2D eigenvalue weighted by molar-refractivity contribution is 5.38. The number of rotatable bonds is 6. The van der Waals surface area contributed by atoms with Gasteiger partial charge in [0, 0.05) is 6.54 Å². The van der Waals surface area contributed by atoms with Crippen LogP contribution < -0.4 is 16.0 Å². The van der Waals surface area contributed by atoms with Crippen LogP contribution in [0.4, 0.5) is 0 Å². The monoisotopic (exact) mass is 330 g/mol. The number of H-pyrrole nitrogens is 1. The molecule has 0 bridgehead atoms. The highest BCUT2D eigenvalue weighted by atomic mass is 16.5. The summed E-state index contributed by atoms with van der Waals surface area (Å²) in [4.78, 5) is 27.0. The molecule has 1 N–H and O–H groups in total. The second-order valence-corrected chi connectivity index (χ2v) is 6.56. The van der Waals surface area contributed by atoms with Crippen LogP contribution in [0.5, 0.6) is 11.6 Å². The van der Waals surface area contributed by atoms with E-state index in [1.54, 1.807) is 0 Å². The summed E-state index contributed by atoms with van der Waals surface area (Å²) in [6, 6.07) is 5.87. The Hall–Kier alpha value is -2.30. The number of benzene rings is 1. The molecule has 1 aromatic carbocycles. The van der Waals surface area contributed by atoms with E-state index in [4.69, 9.17) is 4.74 Å². The van der Waals surface area contributed by atoms with Crippen LogP contribution in [0.2, 0.25) is 0 Å². The maximum Gasteiger partial charge on any atom is 0.331 e. The summed E-state index contributed by atoms with van der Waals surface area (Å²) in [5.74, 6) is 0.949. The van der Waals surface area contributed by atoms with Crippen molar-refractivity contribution in [3.8, 4) is 11.6 Å². The zero-order chi connectivity index (χ0) is 17.9. The van der Waals surface area contributed by atoms with E-state index in [0.717, 1.165) is 24.0 Å². The Morgan fingerprint density at radius 3 is 2.29 bits per heavy atom. The van der Waals surface area contributed by atoms with Gasteiger partial charge in [-0.15, -0.1) is 0 Å². The first-order valence-electron chi connectivity index (χ1n) is 8.46. The maximum absolute atomic E-state index is 12.3. The van der Waals surface area contributed by atoms with E-state index in [-0.39, 0.29) is 11.5 Å². The Labute approximate surface area is 142 Å². The molecule has 24 heavy (non-hydrogen) atoms. The molecular formula is C19H26N2O3. The second-order valence-electron chi connectivity index (χ2n) is 6.56. The van der Waals surface area contributed by atoms with Gasteiger partial charge in [0.2, 0.25) is 5.88 Å². The van der Waals surface area contributed by atoms with Gasteiger partial charge in [0.15, 0.2) is 0 Å². The lowest BCUT2D eigenvalue weighted by atomic mass is 10.1. The van der Waals surface area contributed by atoms with E-state index in [1.807, 2.05) is 39.8 Å². The van der Waals surface area contributed by atoms with Gasteiger partial charge in [-0.1, -0.05) is 33.3 Å². The molecule has 0 spiro atoms. The Morgan fingerprint density at radius 2 is 1.75 bits per heavy atom. The zero-order valence-corrected chi connectivity index (χ0v) is 15.1. The lowest BCUT2D eigenvalue weighted by Gasteiger charge is -2.18. The zero-order valence-electron chi connectivity index (χ0n) is 15.1. The van der Waals surface area contributed by atoms with Crippen LogP contribution in [0, 0.1) is 13.8 Å². The number of unbranched alkanes of at least 4 members (excludes halogenated alkanes) is 1. The molecule has 1 aromatic heterocycles. The fraction of sp³-hybridized carbons (Fsp3) is 0.474. The predicted octanol–water partition coefficient (Wildman–Crippen LogP) is 3.87. The molecule has 0 aliphatic rings. The fourth-order valence-electron chi connectivity index (χ4n) is 2.81. The number of aromatic nitrogens is 2. The molecular weight excluding hydrogens is 304 g/mol. The molecule has 0 saturated carbocycles. The third-order valence-corrected chi connectivity index (χ3v) is 3.91. The largest absolute Gasteiger partial charge is 0.440 e. The molecule has 0 atom stereocenters. The van der Waals surface area contributed by atoms with E-state index in [1.165, 1.54) is 4.57 Å². The quantitative estimate of drug-likeness (QED) is 0.874. The molecule has 0 fully saturated rings. The van der Waals surface area contributed by atoms with Crippen LogP contribution in [-0.2, 0) is 6.54 Å². The second kappa shape index (κ2) is 7.51. The van der Waals surface area contributed by atoms with Crippen molar-refractivity contribution in [3.05, 3.63) is 55.7 Å². The van der Waals surface area contributed by atoms with Gasteiger partial charge in [0.1, 0.15) is 5.75 Å². The Bertz CT molecular complexity index is 811. The van der Waals surface area contributed by atoms with Crippen LogP contribution in [0.15, 0.2) is 27.8 Å². The Balaban J connectivity index is 2.63. The van der Waals surface area contributed by atoms with Crippen LogP contribution >= 0.6 is 0 Å². The Morgan fingerprint density at radius 1 is 1.12 bits per heavy atom. The van der Waals surface area contributed by atoms with Crippen molar-refractivity contribution in [1.29, 1.82) is 0 Å². The fourth-order valence-corrected chi connectivity index (χ4v) is 2.81. The smallest absolute Gasteiger partial charge is 0.331 e. The van der Waals surface area contributed by atoms with Gasteiger partial charge in [-0.2, -0.15) is 0 Å². The third kappa shape index (κ3) is 3.96. The van der Waals surface area contributed by atoms with E-state index in [2.05, 4.69) is 18.0 Å². The highest BCUT2D eigenvalue weighted by Crippen LogP contribution is 2.28. The molecule has 0 aliphatic heterocycles. The van der Waals surface area contributed by atoms with Gasteiger partial charge in [-0.05, 0) is 49.4 Å². The van der Waals surface area contributed by atoms with Crippen molar-refractivity contribution in [3.63, 3.8) is 0 Å². The summed E-state index contributed by atoms with van der Waals surface area (Å²) in [7, 11) is 0. The van der Waals surface area contributed by atoms with Crippen molar-refractivity contribution in [1.82, 2.24) is 9.55 Å². The average Bonchev–Trinajstić information content (AvgIpc) is 2.45. The van der Waals surface area contributed by atoms with Crippen molar-refractivity contribution in [2.75, 3.05) is 0 Å². The first-order chi connectivity index (χ1) is 11.3. The molecule has 5 heteroatoms. The standard InChI is InChI=1S/C19H26N2O3/c1-6-7-8-21-18(16(12(2)3)17(22)20-19(21)23)24-15-10-13(4)9-14(5)11-15/h9-12H,6-8H2,1-5H3,(H,20,22,23). The molecule has 130 valence electrons. The van der Waals surface area contributed by atoms with Crippen LogP contribution in [0.25, 0.3) is 0 Å². The molecule has 1 heterocycles. The molecule has 2 rings (SSSR count). The van der Waals surface area contributed by atoms with Gasteiger partial charge in [0.05, 0.1) is 5.56 Å². The van der Waals surface area contributed by atoms with Crippen LogP contribution in [0.1, 0.15) is 56.2 Å². The summed E-state index contributed by atoms with van der Waals surface area (Å²) in [6.45, 7) is 10.4. The lowest BCUT2D eigenvalue weighted by Crippen LogP contribution is -2.33. The Kier molecular flexibility index (Phi) is 5.65. The van der Waals surface area contributed by atoms with Crippen molar-refractivity contribution >= 4 is 0 Å². The van der Waals surface area contributed by atoms with Crippen LogP contribution in [0.3, 0.4) is 0 Å². The summed E-state index contributed by atoms with van der Waals surface area (Å²) in [5.41, 5.74) is 1.86. The van der Waals surface area contributed by atoms with E-state index in [9.17, 15) is 9.59 Å². The summed E-state index contributed by atoms with van der Waals surface area (Å²) in [6.07, 6.45) is 1.79. The first kappa shape index (κ1) is 18.0. The number of nitrogens with one attached hydrogen (secondary N) is 1. The van der Waals surface area contributed by atoms with Gasteiger partial charge < -0.3 is 4.74 Å². The number of hydrogen-bond donors (Lipinski definition) is 1. The lowest BCUT2D eigenvalue weighted by molar-refractivity contribution is 0.397. The average molecular weight is 330 g/mol. The minimum atomic E-state index is -0.419. The molecule has 0 radical (unpaired) electrons. The summed E-state index contributed by atoms with van der Waals surface area (Å²) < 4.78 is 7.60. The number of aromatic amines is 1. The number of ether oxygens (including phenoxy) is 1. The normalized spacial score (nSPS) is 11.1. The highest BCUT2D eigenvalue weighted by Gasteiger charge is 2.19. The van der Waals surface area contributed by atoms with Gasteiger partial charge in [-0.25, -0.2) is 4.79 Å². The third-order valence-electron chi connectivity index (χ3n) is 3.91. The van der Waals surface area contributed by atoms with E-state index >= 15 is 0 Å². The summed E-state index contributed by atoms with van der Waals surface area (Å²) >= 11 is 0. The molecule has 0 unspecified atom stereocenters.